The third kappa shape index (κ3) is 4.69. The largest absolute Gasteiger partial charge is 0.494 e. The summed E-state index contributed by atoms with van der Waals surface area (Å²) in [6, 6.07) is 8.13. The highest BCUT2D eigenvalue weighted by atomic mass is 16.5. The van der Waals surface area contributed by atoms with Crippen molar-refractivity contribution in [1.82, 2.24) is 9.80 Å². The first kappa shape index (κ1) is 17.8. The Labute approximate surface area is 138 Å². The van der Waals surface area contributed by atoms with Crippen molar-refractivity contribution in [2.24, 2.45) is 11.8 Å². The molecule has 5 heteroatoms. The molecule has 1 amide bonds. The number of nitrogens with zero attached hydrogens (tertiary/aromatic N) is 2. The highest BCUT2D eigenvalue weighted by Crippen LogP contribution is 2.26. The standard InChI is InChI=1S/C18H28N2O3/c1-4-9-23-16-7-5-14(6-8-16)10-20-11-15(13-21)17(12-20)18(22)19(2)3/h5-8,15,17,21H,4,9-13H2,1-3H3/t15-,17+/m0/s1. The summed E-state index contributed by atoms with van der Waals surface area (Å²) in [5.74, 6) is 0.917. The van der Waals surface area contributed by atoms with E-state index in [0.29, 0.717) is 6.54 Å². The van der Waals surface area contributed by atoms with Gasteiger partial charge in [-0.2, -0.15) is 0 Å². The van der Waals surface area contributed by atoms with Crippen molar-refractivity contribution in [3.63, 3.8) is 0 Å². The van der Waals surface area contributed by atoms with Crippen molar-refractivity contribution in [1.29, 1.82) is 0 Å². The molecular weight excluding hydrogens is 292 g/mol. The second-order valence-electron chi connectivity index (χ2n) is 6.47. The minimum absolute atomic E-state index is 0.0251. The van der Waals surface area contributed by atoms with Crippen LogP contribution < -0.4 is 4.74 Å². The monoisotopic (exact) mass is 320 g/mol. The molecule has 0 spiro atoms. The second kappa shape index (κ2) is 8.31. The lowest BCUT2D eigenvalue weighted by molar-refractivity contribution is -0.134. The molecule has 0 aromatic heterocycles. The van der Waals surface area contributed by atoms with Gasteiger partial charge in [-0.05, 0) is 24.1 Å². The molecule has 1 aliphatic rings. The Morgan fingerprint density at radius 3 is 2.57 bits per heavy atom. The zero-order chi connectivity index (χ0) is 16.8. The van der Waals surface area contributed by atoms with Crippen LogP contribution in [0.2, 0.25) is 0 Å². The number of benzene rings is 1. The molecule has 1 heterocycles. The molecule has 2 rings (SSSR count). The van der Waals surface area contributed by atoms with Gasteiger partial charge in [-0.1, -0.05) is 19.1 Å². The molecular formula is C18H28N2O3. The Kier molecular flexibility index (Phi) is 6.42. The summed E-state index contributed by atoms with van der Waals surface area (Å²) >= 11 is 0. The van der Waals surface area contributed by atoms with Gasteiger partial charge in [-0.25, -0.2) is 0 Å². The van der Waals surface area contributed by atoms with Gasteiger partial charge in [0.15, 0.2) is 0 Å². The number of ether oxygens (including phenoxy) is 1. The van der Waals surface area contributed by atoms with E-state index in [0.717, 1.165) is 31.9 Å². The zero-order valence-electron chi connectivity index (χ0n) is 14.4. The maximum absolute atomic E-state index is 12.2. The lowest BCUT2D eigenvalue weighted by Crippen LogP contribution is -2.35. The van der Waals surface area contributed by atoms with Crippen molar-refractivity contribution in [2.45, 2.75) is 19.9 Å². The average Bonchev–Trinajstić information content (AvgIpc) is 2.96. The van der Waals surface area contributed by atoms with E-state index >= 15 is 0 Å². The van der Waals surface area contributed by atoms with Crippen LogP contribution in [0.3, 0.4) is 0 Å². The molecule has 0 aliphatic carbocycles. The first-order valence-corrected chi connectivity index (χ1v) is 8.31. The highest BCUT2D eigenvalue weighted by Gasteiger charge is 2.37. The van der Waals surface area contributed by atoms with Crippen LogP contribution in [0, 0.1) is 11.8 Å². The van der Waals surface area contributed by atoms with E-state index in [-0.39, 0.29) is 24.3 Å². The highest BCUT2D eigenvalue weighted by molar-refractivity contribution is 5.79. The summed E-state index contributed by atoms with van der Waals surface area (Å²) in [5.41, 5.74) is 1.20. The van der Waals surface area contributed by atoms with E-state index in [2.05, 4.69) is 24.0 Å². The lowest BCUT2D eigenvalue weighted by Gasteiger charge is -2.20. The van der Waals surface area contributed by atoms with Gasteiger partial charge in [0.2, 0.25) is 5.91 Å². The number of hydrogen-bond acceptors (Lipinski definition) is 4. The summed E-state index contributed by atoms with van der Waals surface area (Å²) in [4.78, 5) is 16.1. The van der Waals surface area contributed by atoms with Crippen LogP contribution in [0.4, 0.5) is 0 Å². The molecule has 1 aliphatic heterocycles. The Bertz CT molecular complexity index is 501. The summed E-state index contributed by atoms with van der Waals surface area (Å²) in [6.45, 7) is 5.14. The van der Waals surface area contributed by atoms with Crippen LogP contribution in [0.1, 0.15) is 18.9 Å². The molecule has 5 nitrogen and oxygen atoms in total. The van der Waals surface area contributed by atoms with E-state index in [1.807, 2.05) is 12.1 Å². The Balaban J connectivity index is 1.94. The first-order valence-electron chi connectivity index (χ1n) is 8.31. The minimum Gasteiger partial charge on any atom is -0.494 e. The summed E-state index contributed by atoms with van der Waals surface area (Å²) in [6.07, 6.45) is 0.999. The molecule has 1 saturated heterocycles. The second-order valence-corrected chi connectivity index (χ2v) is 6.47. The number of carbonyl (C=O) groups excluding carboxylic acids is 1. The summed E-state index contributed by atoms with van der Waals surface area (Å²) in [7, 11) is 3.54. The molecule has 0 radical (unpaired) electrons. The topological polar surface area (TPSA) is 53.0 Å². The fourth-order valence-electron chi connectivity index (χ4n) is 3.06. The molecule has 0 saturated carbocycles. The van der Waals surface area contributed by atoms with Crippen LogP contribution in [-0.4, -0.2) is 61.2 Å². The van der Waals surface area contributed by atoms with Crippen LogP contribution in [0.15, 0.2) is 24.3 Å². The molecule has 23 heavy (non-hydrogen) atoms. The summed E-state index contributed by atoms with van der Waals surface area (Å²) < 4.78 is 5.59. The Morgan fingerprint density at radius 1 is 1.30 bits per heavy atom. The van der Waals surface area contributed by atoms with Gasteiger partial charge >= 0.3 is 0 Å². The number of carbonyl (C=O) groups is 1. The molecule has 0 unspecified atom stereocenters. The van der Waals surface area contributed by atoms with Crippen LogP contribution in [0.25, 0.3) is 0 Å². The maximum Gasteiger partial charge on any atom is 0.226 e. The molecule has 1 N–H and O–H groups in total. The number of amides is 1. The number of rotatable bonds is 7. The van der Waals surface area contributed by atoms with E-state index in [1.54, 1.807) is 19.0 Å². The van der Waals surface area contributed by atoms with Crippen LogP contribution in [-0.2, 0) is 11.3 Å². The van der Waals surface area contributed by atoms with Gasteiger partial charge in [0.05, 0.1) is 12.5 Å². The average molecular weight is 320 g/mol. The molecule has 1 fully saturated rings. The van der Waals surface area contributed by atoms with Crippen molar-refractivity contribution in [3.8, 4) is 5.75 Å². The molecule has 0 bridgehead atoms. The predicted molar refractivity (Wildman–Crippen MR) is 90.3 cm³/mol. The zero-order valence-corrected chi connectivity index (χ0v) is 14.4. The lowest BCUT2D eigenvalue weighted by atomic mass is 9.96. The van der Waals surface area contributed by atoms with Gasteiger partial charge in [-0.15, -0.1) is 0 Å². The summed E-state index contributed by atoms with van der Waals surface area (Å²) in [5, 5.41) is 9.56. The molecule has 2 atom stereocenters. The third-order valence-electron chi connectivity index (χ3n) is 4.31. The predicted octanol–water partition coefficient (Wildman–Crippen LogP) is 1.60. The smallest absolute Gasteiger partial charge is 0.226 e. The third-order valence-corrected chi connectivity index (χ3v) is 4.31. The van der Waals surface area contributed by atoms with Gasteiger partial charge in [0, 0.05) is 46.3 Å². The molecule has 1 aromatic carbocycles. The number of likely N-dealkylation sites (tertiary alicyclic amines) is 1. The van der Waals surface area contributed by atoms with Gasteiger partial charge in [0.1, 0.15) is 5.75 Å². The number of hydrogen-bond donors (Lipinski definition) is 1. The van der Waals surface area contributed by atoms with E-state index in [9.17, 15) is 9.90 Å². The van der Waals surface area contributed by atoms with Crippen molar-refractivity contribution in [2.75, 3.05) is 40.4 Å². The van der Waals surface area contributed by atoms with Gasteiger partial charge < -0.3 is 14.7 Å². The molecule has 1 aromatic rings. The number of aliphatic hydroxyl groups is 1. The SMILES string of the molecule is CCCOc1ccc(CN2C[C@@H](CO)[C@H](C(=O)N(C)C)C2)cc1. The Morgan fingerprint density at radius 2 is 2.00 bits per heavy atom. The quantitative estimate of drug-likeness (QED) is 0.829. The number of aliphatic hydroxyl groups excluding tert-OH is 1. The van der Waals surface area contributed by atoms with E-state index in [1.165, 1.54) is 5.56 Å². The van der Waals surface area contributed by atoms with Crippen LogP contribution >= 0.6 is 0 Å². The minimum atomic E-state index is -0.109. The van der Waals surface area contributed by atoms with Gasteiger partial charge in [-0.3, -0.25) is 9.69 Å². The van der Waals surface area contributed by atoms with Crippen molar-refractivity contribution >= 4 is 5.91 Å². The van der Waals surface area contributed by atoms with Crippen molar-refractivity contribution in [3.05, 3.63) is 29.8 Å². The van der Waals surface area contributed by atoms with Gasteiger partial charge in [0.25, 0.3) is 0 Å². The first-order chi connectivity index (χ1) is 11.0. The van der Waals surface area contributed by atoms with Crippen LogP contribution in [0.5, 0.6) is 5.75 Å². The normalized spacial score (nSPS) is 21.4. The Hall–Kier alpha value is -1.59. The van der Waals surface area contributed by atoms with E-state index in [4.69, 9.17) is 4.74 Å². The fourth-order valence-corrected chi connectivity index (χ4v) is 3.06. The van der Waals surface area contributed by atoms with Crippen molar-refractivity contribution < 1.29 is 14.6 Å². The molecule has 128 valence electrons. The fraction of sp³-hybridized carbons (Fsp3) is 0.611. The van der Waals surface area contributed by atoms with E-state index < -0.39 is 0 Å². The maximum atomic E-state index is 12.2.